The second-order valence-electron chi connectivity index (χ2n) is 6.01. The van der Waals surface area contributed by atoms with Gasteiger partial charge in [0.05, 0.1) is 0 Å². The van der Waals surface area contributed by atoms with Gasteiger partial charge in [-0.1, -0.05) is 6.07 Å². The molecule has 26 heavy (non-hydrogen) atoms. The molecule has 1 saturated heterocycles. The molecule has 0 atom stereocenters. The van der Waals surface area contributed by atoms with Crippen molar-refractivity contribution in [1.29, 1.82) is 5.26 Å². The van der Waals surface area contributed by atoms with Gasteiger partial charge in [0.1, 0.15) is 23.5 Å². The second kappa shape index (κ2) is 6.80. The number of imidazole rings is 1. The molecule has 1 fully saturated rings. The van der Waals surface area contributed by atoms with Gasteiger partial charge in [0.25, 0.3) is 0 Å². The number of nitriles is 1. The van der Waals surface area contributed by atoms with Crippen molar-refractivity contribution in [2.24, 2.45) is 0 Å². The van der Waals surface area contributed by atoms with Crippen molar-refractivity contribution in [2.75, 3.05) is 36.0 Å². The smallest absolute Gasteiger partial charge is 0.183 e. The molecular formula is C18H18N8. The average Bonchev–Trinajstić information content (AvgIpc) is 3.14. The van der Waals surface area contributed by atoms with Crippen molar-refractivity contribution in [3.63, 3.8) is 0 Å². The van der Waals surface area contributed by atoms with Crippen LogP contribution in [0, 0.1) is 18.3 Å². The van der Waals surface area contributed by atoms with Crippen LogP contribution in [0.4, 0.5) is 11.6 Å². The maximum absolute atomic E-state index is 9.22. The Hall–Kier alpha value is -3.47. The van der Waals surface area contributed by atoms with Crippen LogP contribution in [-0.4, -0.2) is 50.7 Å². The van der Waals surface area contributed by atoms with Crippen LogP contribution in [0.1, 0.15) is 11.5 Å². The zero-order chi connectivity index (χ0) is 17.9. The Morgan fingerprint density at radius 2 is 1.65 bits per heavy atom. The number of aryl methyl sites for hydroxylation is 1. The van der Waals surface area contributed by atoms with Gasteiger partial charge in [-0.2, -0.15) is 5.26 Å². The van der Waals surface area contributed by atoms with E-state index >= 15 is 0 Å². The zero-order valence-electron chi connectivity index (χ0n) is 14.4. The fraction of sp³-hybridized carbons (Fsp3) is 0.278. The summed E-state index contributed by atoms with van der Waals surface area (Å²) in [5.41, 5.74) is 0.372. The maximum Gasteiger partial charge on any atom is 0.183 e. The number of anilines is 2. The number of piperazine rings is 1. The van der Waals surface area contributed by atoms with E-state index in [2.05, 4.69) is 30.8 Å². The van der Waals surface area contributed by atoms with Crippen molar-refractivity contribution in [1.82, 2.24) is 24.5 Å². The zero-order valence-corrected chi connectivity index (χ0v) is 14.4. The molecule has 4 rings (SSSR count). The third-order valence-electron chi connectivity index (χ3n) is 4.48. The molecular weight excluding hydrogens is 328 g/mol. The van der Waals surface area contributed by atoms with Gasteiger partial charge < -0.3 is 9.80 Å². The van der Waals surface area contributed by atoms with Crippen LogP contribution in [0.15, 0.2) is 43.0 Å². The quantitative estimate of drug-likeness (QED) is 0.711. The van der Waals surface area contributed by atoms with Gasteiger partial charge >= 0.3 is 0 Å². The van der Waals surface area contributed by atoms with E-state index in [-0.39, 0.29) is 0 Å². The highest BCUT2D eigenvalue weighted by molar-refractivity contribution is 5.52. The minimum Gasteiger partial charge on any atom is -0.353 e. The molecule has 130 valence electrons. The fourth-order valence-electron chi connectivity index (χ4n) is 3.13. The summed E-state index contributed by atoms with van der Waals surface area (Å²) in [5, 5.41) is 9.22. The molecule has 1 aliphatic rings. The van der Waals surface area contributed by atoms with E-state index < -0.39 is 0 Å². The summed E-state index contributed by atoms with van der Waals surface area (Å²) in [5.74, 6) is 3.37. The van der Waals surface area contributed by atoms with Crippen LogP contribution in [0.2, 0.25) is 0 Å². The summed E-state index contributed by atoms with van der Waals surface area (Å²) in [6.45, 7) is 5.11. The van der Waals surface area contributed by atoms with Gasteiger partial charge in [-0.25, -0.2) is 19.9 Å². The van der Waals surface area contributed by atoms with E-state index in [9.17, 15) is 5.26 Å². The topological polar surface area (TPSA) is 86.8 Å². The lowest BCUT2D eigenvalue weighted by Gasteiger charge is -2.36. The Morgan fingerprint density at radius 1 is 0.923 bits per heavy atom. The highest BCUT2D eigenvalue weighted by Gasteiger charge is 2.21. The molecule has 0 N–H and O–H groups in total. The molecule has 0 aliphatic carbocycles. The summed E-state index contributed by atoms with van der Waals surface area (Å²) < 4.78 is 1.97. The van der Waals surface area contributed by atoms with Crippen molar-refractivity contribution in [2.45, 2.75) is 6.92 Å². The van der Waals surface area contributed by atoms with E-state index in [4.69, 9.17) is 4.98 Å². The van der Waals surface area contributed by atoms with Crippen molar-refractivity contribution in [3.8, 4) is 11.9 Å². The summed E-state index contributed by atoms with van der Waals surface area (Å²) in [6, 6.07) is 8.13. The third kappa shape index (κ3) is 2.95. The molecule has 1 aliphatic heterocycles. The Morgan fingerprint density at radius 3 is 2.38 bits per heavy atom. The molecule has 4 heterocycles. The molecule has 0 radical (unpaired) electrons. The number of hydrogen-bond donors (Lipinski definition) is 0. The minimum absolute atomic E-state index is 0.372. The maximum atomic E-state index is 9.22. The van der Waals surface area contributed by atoms with Crippen LogP contribution in [0.5, 0.6) is 0 Å². The number of pyridine rings is 1. The third-order valence-corrected chi connectivity index (χ3v) is 4.48. The standard InChI is InChI=1S/C18H18N8/c1-14-20-7-8-26(14)17-4-2-3-16(23-17)24-9-11-25(12-10-24)18-15(13-19)21-5-6-22-18/h2-8H,9-12H2,1H3. The lowest BCUT2D eigenvalue weighted by molar-refractivity contribution is 0.639. The lowest BCUT2D eigenvalue weighted by Crippen LogP contribution is -2.47. The SMILES string of the molecule is Cc1nccn1-c1cccc(N2CCN(c3nccnc3C#N)CC2)n1. The van der Waals surface area contributed by atoms with Crippen LogP contribution in [0.25, 0.3) is 5.82 Å². The second-order valence-corrected chi connectivity index (χ2v) is 6.01. The predicted molar refractivity (Wildman–Crippen MR) is 97.3 cm³/mol. The summed E-state index contributed by atoms with van der Waals surface area (Å²) in [7, 11) is 0. The summed E-state index contributed by atoms with van der Waals surface area (Å²) >= 11 is 0. The molecule has 3 aromatic rings. The predicted octanol–water partition coefficient (Wildman–Crippen LogP) is 1.56. The van der Waals surface area contributed by atoms with Crippen LogP contribution in [-0.2, 0) is 0 Å². The Kier molecular flexibility index (Phi) is 4.19. The molecule has 0 saturated carbocycles. The van der Waals surface area contributed by atoms with Gasteiger partial charge in [0, 0.05) is 51.0 Å². The van der Waals surface area contributed by atoms with Gasteiger partial charge in [0.2, 0.25) is 0 Å². The van der Waals surface area contributed by atoms with Crippen molar-refractivity contribution in [3.05, 3.63) is 54.5 Å². The monoisotopic (exact) mass is 346 g/mol. The van der Waals surface area contributed by atoms with Crippen LogP contribution < -0.4 is 9.80 Å². The van der Waals surface area contributed by atoms with Crippen molar-refractivity contribution >= 4 is 11.6 Å². The Balaban J connectivity index is 1.50. The molecule has 0 bridgehead atoms. The molecule has 0 unspecified atom stereocenters. The molecule has 0 amide bonds. The first-order valence-corrected chi connectivity index (χ1v) is 8.44. The van der Waals surface area contributed by atoms with E-state index in [1.807, 2.05) is 35.9 Å². The van der Waals surface area contributed by atoms with E-state index in [0.717, 1.165) is 43.6 Å². The Bertz CT molecular complexity index is 950. The van der Waals surface area contributed by atoms with Crippen LogP contribution >= 0.6 is 0 Å². The van der Waals surface area contributed by atoms with E-state index in [1.165, 1.54) is 0 Å². The minimum atomic E-state index is 0.372. The lowest BCUT2D eigenvalue weighted by atomic mass is 10.2. The highest BCUT2D eigenvalue weighted by atomic mass is 15.3. The first-order chi connectivity index (χ1) is 12.8. The van der Waals surface area contributed by atoms with Gasteiger partial charge in [-0.3, -0.25) is 4.57 Å². The first kappa shape index (κ1) is 16.0. The van der Waals surface area contributed by atoms with Gasteiger partial charge in [0.15, 0.2) is 11.5 Å². The fourth-order valence-corrected chi connectivity index (χ4v) is 3.13. The van der Waals surface area contributed by atoms with Gasteiger partial charge in [-0.05, 0) is 19.1 Å². The highest BCUT2D eigenvalue weighted by Crippen LogP contribution is 2.20. The average molecular weight is 346 g/mol. The number of rotatable bonds is 3. The number of hydrogen-bond acceptors (Lipinski definition) is 7. The van der Waals surface area contributed by atoms with Crippen molar-refractivity contribution < 1.29 is 0 Å². The molecule has 0 aromatic carbocycles. The number of nitrogens with zero attached hydrogens (tertiary/aromatic N) is 8. The first-order valence-electron chi connectivity index (χ1n) is 8.44. The van der Waals surface area contributed by atoms with Crippen LogP contribution in [0.3, 0.4) is 0 Å². The normalized spacial score (nSPS) is 14.3. The van der Waals surface area contributed by atoms with Gasteiger partial charge in [-0.15, -0.1) is 0 Å². The molecule has 8 nitrogen and oxygen atoms in total. The summed E-state index contributed by atoms with van der Waals surface area (Å²) in [4.78, 5) is 21.8. The molecule has 8 heteroatoms. The summed E-state index contributed by atoms with van der Waals surface area (Å²) in [6.07, 6.45) is 6.86. The van der Waals surface area contributed by atoms with E-state index in [1.54, 1.807) is 18.6 Å². The Labute approximate surface area is 151 Å². The molecule has 3 aromatic heterocycles. The largest absolute Gasteiger partial charge is 0.353 e. The number of aromatic nitrogens is 5. The van der Waals surface area contributed by atoms with E-state index in [0.29, 0.717) is 11.5 Å². The molecule has 0 spiro atoms.